The standard InChI is InChI=1S/C12H15F2N/c1-3-9(2)15-8-10-5-4-6-11(7-10)12(13)14/h3-7,9,12,15H,1,8H2,2H3. The van der Waals surface area contributed by atoms with Gasteiger partial charge in [0, 0.05) is 18.2 Å². The van der Waals surface area contributed by atoms with Gasteiger partial charge in [0.1, 0.15) is 0 Å². The Hall–Kier alpha value is -1.22. The Morgan fingerprint density at radius 2 is 2.20 bits per heavy atom. The first-order chi connectivity index (χ1) is 7.13. The summed E-state index contributed by atoms with van der Waals surface area (Å²) in [7, 11) is 0. The largest absolute Gasteiger partial charge is 0.307 e. The third-order valence-electron chi connectivity index (χ3n) is 2.18. The number of rotatable bonds is 5. The minimum absolute atomic E-state index is 0.0700. The molecule has 0 aliphatic rings. The smallest absolute Gasteiger partial charge is 0.263 e. The fourth-order valence-electron chi connectivity index (χ4n) is 1.20. The van der Waals surface area contributed by atoms with Gasteiger partial charge < -0.3 is 5.32 Å². The van der Waals surface area contributed by atoms with Gasteiger partial charge in [-0.3, -0.25) is 0 Å². The number of hydrogen-bond acceptors (Lipinski definition) is 1. The van der Waals surface area contributed by atoms with Crippen molar-refractivity contribution >= 4 is 0 Å². The summed E-state index contributed by atoms with van der Waals surface area (Å²) >= 11 is 0. The second kappa shape index (κ2) is 5.61. The van der Waals surface area contributed by atoms with Crippen LogP contribution in [0.1, 0.15) is 24.5 Å². The van der Waals surface area contributed by atoms with Gasteiger partial charge in [-0.15, -0.1) is 6.58 Å². The molecular weight excluding hydrogens is 196 g/mol. The fraction of sp³-hybridized carbons (Fsp3) is 0.333. The summed E-state index contributed by atoms with van der Waals surface area (Å²) in [5.41, 5.74) is 0.932. The summed E-state index contributed by atoms with van der Waals surface area (Å²) in [6.45, 7) is 6.18. The summed E-state index contributed by atoms with van der Waals surface area (Å²) in [5.74, 6) is 0. The van der Waals surface area contributed by atoms with Crippen molar-refractivity contribution in [1.29, 1.82) is 0 Å². The molecule has 0 saturated carbocycles. The molecule has 0 aliphatic heterocycles. The van der Waals surface area contributed by atoms with Crippen LogP contribution in [0.3, 0.4) is 0 Å². The normalized spacial score (nSPS) is 12.8. The van der Waals surface area contributed by atoms with Gasteiger partial charge in [0.25, 0.3) is 6.43 Å². The van der Waals surface area contributed by atoms with Gasteiger partial charge in [-0.05, 0) is 18.6 Å². The first-order valence-corrected chi connectivity index (χ1v) is 4.86. The Labute approximate surface area is 88.8 Å². The lowest BCUT2D eigenvalue weighted by Crippen LogP contribution is -2.22. The van der Waals surface area contributed by atoms with Gasteiger partial charge in [-0.25, -0.2) is 8.78 Å². The topological polar surface area (TPSA) is 12.0 Å². The van der Waals surface area contributed by atoms with E-state index in [-0.39, 0.29) is 11.6 Å². The number of nitrogens with one attached hydrogen (secondary N) is 1. The Balaban J connectivity index is 2.61. The molecule has 82 valence electrons. The Morgan fingerprint density at radius 3 is 2.80 bits per heavy atom. The van der Waals surface area contributed by atoms with Crippen molar-refractivity contribution in [2.75, 3.05) is 0 Å². The molecule has 0 saturated heterocycles. The van der Waals surface area contributed by atoms with Crippen LogP contribution >= 0.6 is 0 Å². The summed E-state index contributed by atoms with van der Waals surface area (Å²) < 4.78 is 24.8. The molecule has 15 heavy (non-hydrogen) atoms. The molecule has 0 aromatic heterocycles. The van der Waals surface area contributed by atoms with Crippen molar-refractivity contribution in [3.05, 3.63) is 48.0 Å². The van der Waals surface area contributed by atoms with Crippen LogP contribution < -0.4 is 5.32 Å². The van der Waals surface area contributed by atoms with Crippen LogP contribution in [-0.4, -0.2) is 6.04 Å². The van der Waals surface area contributed by atoms with E-state index in [1.165, 1.54) is 12.1 Å². The van der Waals surface area contributed by atoms with Crippen molar-refractivity contribution < 1.29 is 8.78 Å². The summed E-state index contributed by atoms with van der Waals surface area (Å²) in [6, 6.07) is 6.62. The van der Waals surface area contributed by atoms with Crippen molar-refractivity contribution in [3.8, 4) is 0 Å². The fourth-order valence-corrected chi connectivity index (χ4v) is 1.20. The van der Waals surface area contributed by atoms with E-state index >= 15 is 0 Å². The molecule has 1 aromatic rings. The molecule has 0 heterocycles. The molecule has 1 N–H and O–H groups in total. The van der Waals surface area contributed by atoms with Gasteiger partial charge in [-0.2, -0.15) is 0 Å². The van der Waals surface area contributed by atoms with Crippen molar-refractivity contribution in [3.63, 3.8) is 0 Å². The zero-order valence-corrected chi connectivity index (χ0v) is 8.71. The zero-order valence-electron chi connectivity index (χ0n) is 8.71. The molecule has 1 atom stereocenters. The maximum absolute atomic E-state index is 12.4. The predicted molar refractivity (Wildman–Crippen MR) is 57.9 cm³/mol. The van der Waals surface area contributed by atoms with Crippen LogP contribution in [0.25, 0.3) is 0 Å². The predicted octanol–water partition coefficient (Wildman–Crippen LogP) is 3.29. The first-order valence-electron chi connectivity index (χ1n) is 4.86. The molecule has 1 aromatic carbocycles. The molecule has 0 bridgehead atoms. The lowest BCUT2D eigenvalue weighted by molar-refractivity contribution is 0.151. The monoisotopic (exact) mass is 211 g/mol. The molecule has 1 unspecified atom stereocenters. The SMILES string of the molecule is C=CC(C)NCc1cccc(C(F)F)c1. The van der Waals surface area contributed by atoms with E-state index in [4.69, 9.17) is 0 Å². The third-order valence-corrected chi connectivity index (χ3v) is 2.18. The van der Waals surface area contributed by atoms with Crippen LogP contribution in [0.5, 0.6) is 0 Å². The quantitative estimate of drug-likeness (QED) is 0.737. The van der Waals surface area contributed by atoms with Crippen LogP contribution in [0.4, 0.5) is 8.78 Å². The summed E-state index contributed by atoms with van der Waals surface area (Å²) in [6.07, 6.45) is -0.626. The average molecular weight is 211 g/mol. The lowest BCUT2D eigenvalue weighted by atomic mass is 10.1. The molecule has 0 radical (unpaired) electrons. The molecule has 0 amide bonds. The van der Waals surface area contributed by atoms with Crippen molar-refractivity contribution in [2.24, 2.45) is 0 Å². The Kier molecular flexibility index (Phi) is 4.43. The van der Waals surface area contributed by atoms with Crippen LogP contribution in [0.2, 0.25) is 0 Å². The minimum atomic E-state index is -2.40. The van der Waals surface area contributed by atoms with Crippen LogP contribution in [0, 0.1) is 0 Å². The highest BCUT2D eigenvalue weighted by atomic mass is 19.3. The molecule has 1 rings (SSSR count). The van der Waals surface area contributed by atoms with Crippen LogP contribution in [-0.2, 0) is 6.54 Å². The van der Waals surface area contributed by atoms with E-state index in [1.807, 2.05) is 13.0 Å². The van der Waals surface area contributed by atoms with Gasteiger partial charge in [0.05, 0.1) is 0 Å². The third kappa shape index (κ3) is 3.80. The Bertz CT molecular complexity index is 323. The highest BCUT2D eigenvalue weighted by Gasteiger charge is 2.06. The average Bonchev–Trinajstić information content (AvgIpc) is 2.26. The van der Waals surface area contributed by atoms with E-state index < -0.39 is 6.43 Å². The van der Waals surface area contributed by atoms with Crippen molar-refractivity contribution in [1.82, 2.24) is 5.32 Å². The van der Waals surface area contributed by atoms with E-state index in [2.05, 4.69) is 11.9 Å². The number of hydrogen-bond donors (Lipinski definition) is 1. The van der Waals surface area contributed by atoms with Gasteiger partial charge >= 0.3 is 0 Å². The summed E-state index contributed by atoms with van der Waals surface area (Å²) in [5, 5.41) is 3.15. The lowest BCUT2D eigenvalue weighted by Gasteiger charge is -2.09. The van der Waals surface area contributed by atoms with E-state index in [9.17, 15) is 8.78 Å². The highest BCUT2D eigenvalue weighted by Crippen LogP contribution is 2.19. The van der Waals surface area contributed by atoms with E-state index in [0.29, 0.717) is 6.54 Å². The van der Waals surface area contributed by atoms with Crippen LogP contribution in [0.15, 0.2) is 36.9 Å². The van der Waals surface area contributed by atoms with E-state index in [0.717, 1.165) is 5.56 Å². The maximum atomic E-state index is 12.4. The second-order valence-electron chi connectivity index (χ2n) is 3.45. The summed E-state index contributed by atoms with van der Waals surface area (Å²) in [4.78, 5) is 0. The van der Waals surface area contributed by atoms with Gasteiger partial charge in [-0.1, -0.05) is 24.3 Å². The van der Waals surface area contributed by atoms with Gasteiger partial charge in [0.15, 0.2) is 0 Å². The molecular formula is C12H15F2N. The number of benzene rings is 1. The Morgan fingerprint density at radius 1 is 1.47 bits per heavy atom. The zero-order chi connectivity index (χ0) is 11.3. The minimum Gasteiger partial charge on any atom is -0.307 e. The molecule has 1 nitrogen and oxygen atoms in total. The molecule has 0 fully saturated rings. The first kappa shape index (κ1) is 11.9. The van der Waals surface area contributed by atoms with Gasteiger partial charge in [0.2, 0.25) is 0 Å². The maximum Gasteiger partial charge on any atom is 0.263 e. The number of alkyl halides is 2. The molecule has 0 spiro atoms. The highest BCUT2D eigenvalue weighted by molar-refractivity contribution is 5.24. The second-order valence-corrected chi connectivity index (χ2v) is 3.45. The van der Waals surface area contributed by atoms with E-state index in [1.54, 1.807) is 12.1 Å². The molecule has 0 aliphatic carbocycles. The molecule has 3 heteroatoms. The van der Waals surface area contributed by atoms with Crippen molar-refractivity contribution in [2.45, 2.75) is 25.9 Å². The number of halogens is 2.